The predicted octanol–water partition coefficient (Wildman–Crippen LogP) is 3.13. The Morgan fingerprint density at radius 1 is 1.29 bits per heavy atom. The normalized spacial score (nSPS) is 10.6. The number of aromatic nitrogens is 3. The van der Waals surface area contributed by atoms with Gasteiger partial charge in [-0.05, 0) is 30.5 Å². The van der Waals surface area contributed by atoms with Crippen LogP contribution < -0.4 is 0 Å². The second kappa shape index (κ2) is 7.27. The maximum atomic E-state index is 12.6. The third kappa shape index (κ3) is 3.46. The molecule has 0 N–H and O–H groups in total. The first kappa shape index (κ1) is 16.2. The van der Waals surface area contributed by atoms with Crippen LogP contribution in [0.15, 0.2) is 58.5 Å². The SMILES string of the molecule is CSc1ncccc1C(=O)N(C)Cc1cc(-c2cccnc2)no1. The summed E-state index contributed by atoms with van der Waals surface area (Å²) in [6, 6.07) is 9.10. The second-order valence-corrected chi connectivity index (χ2v) is 5.94. The van der Waals surface area contributed by atoms with Crippen LogP contribution in [0, 0.1) is 0 Å². The van der Waals surface area contributed by atoms with Crippen LogP contribution in [0.4, 0.5) is 0 Å². The van der Waals surface area contributed by atoms with Crippen LogP contribution in [0.1, 0.15) is 16.1 Å². The smallest absolute Gasteiger partial charge is 0.256 e. The summed E-state index contributed by atoms with van der Waals surface area (Å²) in [7, 11) is 1.73. The van der Waals surface area contributed by atoms with Crippen LogP contribution in [0.3, 0.4) is 0 Å². The third-order valence-corrected chi connectivity index (χ3v) is 4.16. The van der Waals surface area contributed by atoms with Crippen molar-refractivity contribution in [3.05, 3.63) is 60.2 Å². The standard InChI is InChI=1S/C17H16N4O2S/c1-21(17(22)14-6-4-8-19-16(14)24-2)11-13-9-15(20-23-13)12-5-3-7-18-10-12/h3-10H,11H2,1-2H3. The fourth-order valence-corrected chi connectivity index (χ4v) is 2.81. The minimum atomic E-state index is -0.105. The van der Waals surface area contributed by atoms with E-state index in [-0.39, 0.29) is 5.91 Å². The van der Waals surface area contributed by atoms with Crippen LogP contribution in [0.25, 0.3) is 11.3 Å². The zero-order valence-electron chi connectivity index (χ0n) is 13.3. The Hall–Kier alpha value is -2.67. The van der Waals surface area contributed by atoms with Gasteiger partial charge in [-0.15, -0.1) is 11.8 Å². The molecule has 3 aromatic heterocycles. The van der Waals surface area contributed by atoms with E-state index in [9.17, 15) is 4.79 Å². The topological polar surface area (TPSA) is 72.1 Å². The molecule has 0 fully saturated rings. The monoisotopic (exact) mass is 340 g/mol. The van der Waals surface area contributed by atoms with Crippen molar-refractivity contribution in [1.29, 1.82) is 0 Å². The van der Waals surface area contributed by atoms with E-state index in [4.69, 9.17) is 4.52 Å². The maximum Gasteiger partial charge on any atom is 0.256 e. The summed E-state index contributed by atoms with van der Waals surface area (Å²) in [5, 5.41) is 4.75. The van der Waals surface area contributed by atoms with E-state index in [0.717, 1.165) is 5.56 Å². The van der Waals surface area contributed by atoms with Gasteiger partial charge in [0.2, 0.25) is 0 Å². The summed E-state index contributed by atoms with van der Waals surface area (Å²) in [6.45, 7) is 0.328. The first-order valence-electron chi connectivity index (χ1n) is 7.29. The first-order valence-corrected chi connectivity index (χ1v) is 8.52. The fourth-order valence-electron chi connectivity index (χ4n) is 2.27. The van der Waals surface area contributed by atoms with Gasteiger partial charge in [0.05, 0.1) is 12.1 Å². The summed E-state index contributed by atoms with van der Waals surface area (Å²) in [6.07, 6.45) is 7.00. The van der Waals surface area contributed by atoms with Gasteiger partial charge in [0, 0.05) is 37.3 Å². The number of nitrogens with zero attached hydrogens (tertiary/aromatic N) is 4. The minimum Gasteiger partial charge on any atom is -0.359 e. The van der Waals surface area contributed by atoms with Crippen LogP contribution in [-0.2, 0) is 6.54 Å². The minimum absolute atomic E-state index is 0.105. The number of amides is 1. The van der Waals surface area contributed by atoms with Crippen molar-refractivity contribution in [3.8, 4) is 11.3 Å². The largest absolute Gasteiger partial charge is 0.359 e. The molecule has 0 unspecified atom stereocenters. The van der Waals surface area contributed by atoms with Gasteiger partial charge in [0.15, 0.2) is 5.76 Å². The van der Waals surface area contributed by atoms with Crippen LogP contribution >= 0.6 is 11.8 Å². The van der Waals surface area contributed by atoms with Crippen molar-refractivity contribution in [2.45, 2.75) is 11.6 Å². The molecular weight excluding hydrogens is 324 g/mol. The molecule has 6 nitrogen and oxygen atoms in total. The van der Waals surface area contributed by atoms with E-state index in [2.05, 4.69) is 15.1 Å². The Labute approximate surface area is 143 Å². The quantitative estimate of drug-likeness (QED) is 0.665. The Morgan fingerprint density at radius 2 is 2.12 bits per heavy atom. The van der Waals surface area contributed by atoms with Crippen molar-refractivity contribution in [3.63, 3.8) is 0 Å². The molecule has 3 aromatic rings. The number of hydrogen-bond donors (Lipinski definition) is 0. The Balaban J connectivity index is 1.74. The van der Waals surface area contributed by atoms with Gasteiger partial charge < -0.3 is 9.42 Å². The Morgan fingerprint density at radius 3 is 2.88 bits per heavy atom. The van der Waals surface area contributed by atoms with Crippen molar-refractivity contribution in [1.82, 2.24) is 20.0 Å². The number of hydrogen-bond acceptors (Lipinski definition) is 6. The molecular formula is C17H16N4O2S. The van der Waals surface area contributed by atoms with Crippen molar-refractivity contribution in [2.75, 3.05) is 13.3 Å². The van der Waals surface area contributed by atoms with Gasteiger partial charge in [0.25, 0.3) is 5.91 Å². The molecule has 7 heteroatoms. The van der Waals surface area contributed by atoms with Gasteiger partial charge >= 0.3 is 0 Å². The molecule has 0 aliphatic carbocycles. The number of thioether (sulfide) groups is 1. The highest BCUT2D eigenvalue weighted by Crippen LogP contribution is 2.21. The zero-order chi connectivity index (χ0) is 16.9. The second-order valence-electron chi connectivity index (χ2n) is 5.14. The molecule has 122 valence electrons. The van der Waals surface area contributed by atoms with E-state index in [1.165, 1.54) is 11.8 Å². The molecule has 0 saturated heterocycles. The predicted molar refractivity (Wildman–Crippen MR) is 91.5 cm³/mol. The summed E-state index contributed by atoms with van der Waals surface area (Å²) >= 11 is 1.45. The van der Waals surface area contributed by atoms with E-state index in [0.29, 0.717) is 28.6 Å². The first-order chi connectivity index (χ1) is 11.7. The lowest BCUT2D eigenvalue weighted by molar-refractivity contribution is 0.0768. The van der Waals surface area contributed by atoms with E-state index >= 15 is 0 Å². The third-order valence-electron chi connectivity index (χ3n) is 3.45. The van der Waals surface area contributed by atoms with E-state index in [1.54, 1.807) is 42.7 Å². The van der Waals surface area contributed by atoms with Crippen molar-refractivity contribution < 1.29 is 9.32 Å². The molecule has 0 radical (unpaired) electrons. The molecule has 24 heavy (non-hydrogen) atoms. The number of rotatable bonds is 5. The lowest BCUT2D eigenvalue weighted by Crippen LogP contribution is -2.26. The van der Waals surface area contributed by atoms with Gasteiger partial charge in [-0.25, -0.2) is 4.98 Å². The van der Waals surface area contributed by atoms with Gasteiger partial charge in [-0.2, -0.15) is 0 Å². The molecule has 0 aromatic carbocycles. The average Bonchev–Trinajstić information content (AvgIpc) is 3.10. The van der Waals surface area contributed by atoms with Crippen molar-refractivity contribution >= 4 is 17.7 Å². The molecule has 0 atom stereocenters. The Bertz CT molecular complexity index is 835. The highest BCUT2D eigenvalue weighted by atomic mass is 32.2. The molecule has 3 heterocycles. The van der Waals surface area contributed by atoms with Gasteiger partial charge in [-0.3, -0.25) is 9.78 Å². The average molecular weight is 340 g/mol. The summed E-state index contributed by atoms with van der Waals surface area (Å²) in [5.41, 5.74) is 2.16. The van der Waals surface area contributed by atoms with Crippen LogP contribution in [-0.4, -0.2) is 39.2 Å². The molecule has 0 aliphatic rings. The molecule has 3 rings (SSSR count). The van der Waals surface area contributed by atoms with Gasteiger partial charge in [-0.1, -0.05) is 5.16 Å². The van der Waals surface area contributed by atoms with Gasteiger partial charge in [0.1, 0.15) is 10.7 Å². The molecule has 0 spiro atoms. The lowest BCUT2D eigenvalue weighted by Gasteiger charge is -2.16. The zero-order valence-corrected chi connectivity index (χ0v) is 14.2. The highest BCUT2D eigenvalue weighted by molar-refractivity contribution is 7.98. The fraction of sp³-hybridized carbons (Fsp3) is 0.176. The summed E-state index contributed by atoms with van der Waals surface area (Å²) in [4.78, 5) is 22.5. The number of carbonyl (C=O) groups excluding carboxylic acids is 1. The molecule has 0 bridgehead atoms. The summed E-state index contributed by atoms with van der Waals surface area (Å²) < 4.78 is 5.34. The van der Waals surface area contributed by atoms with Crippen LogP contribution in [0.5, 0.6) is 0 Å². The number of carbonyl (C=O) groups is 1. The van der Waals surface area contributed by atoms with Crippen LogP contribution in [0.2, 0.25) is 0 Å². The summed E-state index contributed by atoms with van der Waals surface area (Å²) in [5.74, 6) is 0.506. The van der Waals surface area contributed by atoms with E-state index < -0.39 is 0 Å². The molecule has 0 saturated carbocycles. The highest BCUT2D eigenvalue weighted by Gasteiger charge is 2.18. The number of pyridine rings is 2. The Kier molecular flexibility index (Phi) is 4.90. The maximum absolute atomic E-state index is 12.6. The molecule has 1 amide bonds. The molecule has 0 aliphatic heterocycles. The van der Waals surface area contributed by atoms with E-state index in [1.807, 2.05) is 24.5 Å². The lowest BCUT2D eigenvalue weighted by atomic mass is 10.2. The van der Waals surface area contributed by atoms with Crippen molar-refractivity contribution in [2.24, 2.45) is 0 Å².